The molecule has 0 aliphatic heterocycles. The number of anilines is 2. The van der Waals surface area contributed by atoms with Gasteiger partial charge in [-0.05, 0) is 104 Å². The number of rotatable bonds is 9. The van der Waals surface area contributed by atoms with E-state index in [1.54, 1.807) is 0 Å². The number of carbonyl (C=O) groups excluding carboxylic acids is 1. The number of hydrogen-bond donors (Lipinski definition) is 2. The molecule has 3 aromatic carbocycles. The molecule has 0 radical (unpaired) electrons. The van der Waals surface area contributed by atoms with Crippen molar-refractivity contribution in [2.24, 2.45) is 11.3 Å². The van der Waals surface area contributed by atoms with E-state index < -0.39 is 0 Å². The fourth-order valence-electron chi connectivity index (χ4n) is 7.52. The molecule has 1 saturated carbocycles. The van der Waals surface area contributed by atoms with Gasteiger partial charge < -0.3 is 20.1 Å². The molecular weight excluding hydrogens is 660 g/mol. The van der Waals surface area contributed by atoms with Crippen molar-refractivity contribution in [3.05, 3.63) is 100 Å². The second kappa shape index (κ2) is 13.5. The van der Waals surface area contributed by atoms with Gasteiger partial charge in [0.25, 0.3) is 0 Å². The van der Waals surface area contributed by atoms with Gasteiger partial charge in [0.2, 0.25) is 5.95 Å². The quantitative estimate of drug-likeness (QED) is 0.160. The fourth-order valence-corrected chi connectivity index (χ4v) is 7.79. The first kappa shape index (κ1) is 32.5. The summed E-state index contributed by atoms with van der Waals surface area (Å²) in [5.74, 6) is 2.56. The maximum atomic E-state index is 13.3. The van der Waals surface area contributed by atoms with Crippen LogP contribution in [0, 0.1) is 11.3 Å². The highest BCUT2D eigenvalue weighted by Crippen LogP contribution is 2.40. The van der Waals surface area contributed by atoms with Crippen LogP contribution in [0.1, 0.15) is 67.6 Å². The van der Waals surface area contributed by atoms with Crippen molar-refractivity contribution >= 4 is 44.4 Å². The van der Waals surface area contributed by atoms with E-state index in [4.69, 9.17) is 9.97 Å². The molecule has 0 amide bonds. The predicted molar refractivity (Wildman–Crippen MR) is 200 cm³/mol. The molecule has 5 aromatic rings. The van der Waals surface area contributed by atoms with Crippen LogP contribution < -0.4 is 15.5 Å². The summed E-state index contributed by atoms with van der Waals surface area (Å²) in [5, 5.41) is 8.48. The number of nitrogens with zero attached hydrogens (tertiary/aromatic N) is 4. The number of para-hydroxylation sites is 1. The highest BCUT2D eigenvalue weighted by atomic mass is 79.9. The maximum Gasteiger partial charge on any atom is 0.225 e. The van der Waals surface area contributed by atoms with Crippen LogP contribution in [0.25, 0.3) is 27.8 Å². The van der Waals surface area contributed by atoms with Crippen molar-refractivity contribution in [2.75, 3.05) is 30.9 Å². The van der Waals surface area contributed by atoms with Crippen LogP contribution in [0.2, 0.25) is 0 Å². The van der Waals surface area contributed by atoms with E-state index in [2.05, 4.69) is 117 Å². The summed E-state index contributed by atoms with van der Waals surface area (Å²) >= 11 is 3.58. The van der Waals surface area contributed by atoms with Crippen LogP contribution in [0.3, 0.4) is 0 Å². The molecule has 0 unspecified atom stereocenters. The monoisotopic (exact) mass is 704 g/mol. The van der Waals surface area contributed by atoms with Gasteiger partial charge in [0, 0.05) is 59.9 Å². The standard InChI is InChI=1S/C40H45BrN6O/c1-40(2)22-36-33(37(48)23-40)21-35(28-14-16-29(41)17-15-28)47(36)31-9-7-8-27(20-31)25-42-24-26-12-18-30(19-13-26)43-39-44-34-11-6-5-10-32(34)38(45-39)46(3)4/h5-11,14-17,20-21,26,30,42H,12-13,18-19,22-25H2,1-4H3,(H,43,44,45). The number of ketones is 1. The summed E-state index contributed by atoms with van der Waals surface area (Å²) in [4.78, 5) is 25.0. The van der Waals surface area contributed by atoms with Gasteiger partial charge in [-0.15, -0.1) is 0 Å². The lowest BCUT2D eigenvalue weighted by Gasteiger charge is -2.30. The molecule has 2 aliphatic carbocycles. The summed E-state index contributed by atoms with van der Waals surface area (Å²) in [7, 11) is 4.06. The number of aromatic nitrogens is 3. The second-order valence-electron chi connectivity index (χ2n) is 14.6. The van der Waals surface area contributed by atoms with Crippen molar-refractivity contribution in [1.82, 2.24) is 19.9 Å². The number of nitrogens with one attached hydrogen (secondary N) is 2. The molecule has 8 heteroatoms. The van der Waals surface area contributed by atoms with Crippen LogP contribution in [-0.4, -0.2) is 47.0 Å². The van der Waals surface area contributed by atoms with Gasteiger partial charge in [0.1, 0.15) is 5.82 Å². The van der Waals surface area contributed by atoms with E-state index in [0.717, 1.165) is 87.7 Å². The number of halogens is 1. The SMILES string of the molecule is CN(C)c1nc(NC2CCC(CNCc3cccc(-n4c(-c5ccc(Br)cc5)cc5c4CC(C)(C)CC5=O)c3)CC2)nc2ccccc12. The van der Waals surface area contributed by atoms with Crippen molar-refractivity contribution < 1.29 is 4.79 Å². The van der Waals surface area contributed by atoms with Gasteiger partial charge in [-0.1, -0.05) is 66.2 Å². The van der Waals surface area contributed by atoms with Crippen LogP contribution in [0.4, 0.5) is 11.8 Å². The number of Topliss-reactive ketones (excluding diaryl/α,β-unsaturated/α-hetero) is 1. The van der Waals surface area contributed by atoms with Gasteiger partial charge in [0.05, 0.1) is 11.2 Å². The third-order valence-electron chi connectivity index (χ3n) is 9.95. The van der Waals surface area contributed by atoms with Gasteiger partial charge in [-0.3, -0.25) is 4.79 Å². The molecular formula is C40H45BrN6O. The second-order valence-corrected chi connectivity index (χ2v) is 15.5. The lowest BCUT2D eigenvalue weighted by atomic mass is 9.76. The zero-order chi connectivity index (χ0) is 33.4. The Morgan fingerprint density at radius 2 is 1.69 bits per heavy atom. The van der Waals surface area contributed by atoms with Crippen molar-refractivity contribution in [3.8, 4) is 16.9 Å². The summed E-state index contributed by atoms with van der Waals surface area (Å²) < 4.78 is 3.37. The minimum Gasteiger partial charge on any atom is -0.362 e. The zero-order valence-electron chi connectivity index (χ0n) is 28.4. The summed E-state index contributed by atoms with van der Waals surface area (Å²) in [6, 6.07) is 27.9. The average molecular weight is 706 g/mol. The zero-order valence-corrected chi connectivity index (χ0v) is 30.0. The lowest BCUT2D eigenvalue weighted by molar-refractivity contribution is 0.0911. The van der Waals surface area contributed by atoms with Crippen LogP contribution in [0.15, 0.2) is 83.3 Å². The minimum absolute atomic E-state index is 0.0669. The van der Waals surface area contributed by atoms with Gasteiger partial charge in [-0.2, -0.15) is 4.98 Å². The largest absolute Gasteiger partial charge is 0.362 e. The molecule has 2 heterocycles. The molecule has 0 atom stereocenters. The van der Waals surface area contributed by atoms with Crippen molar-refractivity contribution in [1.29, 1.82) is 0 Å². The Kier molecular flexibility index (Phi) is 9.14. The summed E-state index contributed by atoms with van der Waals surface area (Å²) in [6.07, 6.45) is 6.03. The third-order valence-corrected chi connectivity index (χ3v) is 10.5. The Morgan fingerprint density at radius 1 is 0.917 bits per heavy atom. The van der Waals surface area contributed by atoms with Gasteiger partial charge >= 0.3 is 0 Å². The topological polar surface area (TPSA) is 75.1 Å². The van der Waals surface area contributed by atoms with E-state index in [0.29, 0.717) is 18.4 Å². The molecule has 2 aromatic heterocycles. The molecule has 0 saturated heterocycles. The molecule has 248 valence electrons. The number of benzene rings is 3. The molecule has 7 rings (SSSR count). The molecule has 0 spiro atoms. The van der Waals surface area contributed by atoms with E-state index in [-0.39, 0.29) is 11.2 Å². The van der Waals surface area contributed by atoms with E-state index in [1.165, 1.54) is 18.4 Å². The Hall–Kier alpha value is -4.01. The first-order chi connectivity index (χ1) is 23.1. The minimum atomic E-state index is -0.0669. The predicted octanol–water partition coefficient (Wildman–Crippen LogP) is 8.83. The highest BCUT2D eigenvalue weighted by Gasteiger charge is 2.35. The van der Waals surface area contributed by atoms with Gasteiger partial charge in [-0.25, -0.2) is 4.98 Å². The van der Waals surface area contributed by atoms with Crippen LogP contribution in [-0.2, 0) is 13.0 Å². The average Bonchev–Trinajstić information content (AvgIpc) is 3.44. The molecule has 2 N–H and O–H groups in total. The smallest absolute Gasteiger partial charge is 0.225 e. The first-order valence-corrected chi connectivity index (χ1v) is 18.0. The van der Waals surface area contributed by atoms with E-state index >= 15 is 0 Å². The molecule has 0 bridgehead atoms. The highest BCUT2D eigenvalue weighted by molar-refractivity contribution is 9.10. The molecule has 1 fully saturated rings. The Bertz CT molecular complexity index is 1940. The normalized spacial score (nSPS) is 18.9. The van der Waals surface area contributed by atoms with E-state index in [1.807, 2.05) is 26.2 Å². The van der Waals surface area contributed by atoms with Crippen molar-refractivity contribution in [3.63, 3.8) is 0 Å². The Labute approximate surface area is 292 Å². The molecule has 2 aliphatic rings. The first-order valence-electron chi connectivity index (χ1n) is 17.2. The number of hydrogen-bond acceptors (Lipinski definition) is 6. The Morgan fingerprint density at radius 3 is 2.46 bits per heavy atom. The maximum absolute atomic E-state index is 13.3. The summed E-state index contributed by atoms with van der Waals surface area (Å²) in [6.45, 7) is 6.21. The number of carbonyl (C=O) groups is 1. The third kappa shape index (κ3) is 6.92. The van der Waals surface area contributed by atoms with Crippen molar-refractivity contribution in [2.45, 2.75) is 65.0 Å². The fraction of sp³-hybridized carbons (Fsp3) is 0.375. The van der Waals surface area contributed by atoms with Crippen LogP contribution >= 0.6 is 15.9 Å². The van der Waals surface area contributed by atoms with Gasteiger partial charge in [0.15, 0.2) is 5.78 Å². The molecule has 7 nitrogen and oxygen atoms in total. The molecule has 48 heavy (non-hydrogen) atoms. The Balaban J connectivity index is 1.01. The van der Waals surface area contributed by atoms with E-state index in [9.17, 15) is 4.79 Å². The summed E-state index contributed by atoms with van der Waals surface area (Å²) in [5.41, 5.74) is 7.43. The number of fused-ring (bicyclic) bond motifs is 2. The lowest BCUT2D eigenvalue weighted by Crippen LogP contribution is -2.31. The van der Waals surface area contributed by atoms with Crippen LogP contribution in [0.5, 0.6) is 0 Å².